The molecule has 2 aliphatic rings. The van der Waals surface area contributed by atoms with Gasteiger partial charge < -0.3 is 19.8 Å². The van der Waals surface area contributed by atoms with Crippen molar-refractivity contribution in [1.82, 2.24) is 0 Å². The molecule has 0 saturated heterocycles. The molecule has 0 saturated carbocycles. The van der Waals surface area contributed by atoms with Gasteiger partial charge in [0.15, 0.2) is 23.1 Å². The maximum absolute atomic E-state index is 12.5. The van der Waals surface area contributed by atoms with Crippen molar-refractivity contribution in [2.24, 2.45) is 0 Å². The van der Waals surface area contributed by atoms with Gasteiger partial charge in [-0.15, -0.1) is 0 Å². The van der Waals surface area contributed by atoms with Gasteiger partial charge in [-0.05, 0) is 115 Å². The summed E-state index contributed by atoms with van der Waals surface area (Å²) in [6.07, 6.45) is 42.6. The number of ketones is 4. The van der Waals surface area contributed by atoms with Crippen LogP contribution in [-0.4, -0.2) is 35.1 Å². The number of unbranched alkanes of at least 4 members (excludes halogenated alkanes) is 22. The van der Waals surface area contributed by atoms with E-state index in [2.05, 4.69) is 24.3 Å². The Bertz CT molecular complexity index is 1750. The molecule has 357 valence electrons. The van der Waals surface area contributed by atoms with E-state index in [4.69, 9.17) is 0 Å². The van der Waals surface area contributed by atoms with Crippen molar-refractivity contribution >= 4 is 35.1 Å². The van der Waals surface area contributed by atoms with Gasteiger partial charge in [0.1, 0.15) is 0 Å². The predicted molar refractivity (Wildman–Crippen MR) is 253 cm³/mol. The van der Waals surface area contributed by atoms with Crippen LogP contribution in [0.3, 0.4) is 0 Å². The van der Waals surface area contributed by atoms with Gasteiger partial charge in [-0.25, -0.2) is 0 Å². The number of aliphatic carboxylic acids is 2. The zero-order valence-corrected chi connectivity index (χ0v) is 39.8. The molecule has 2 aromatic rings. The first kappa shape index (κ1) is 56.7. The molecule has 4 rings (SSSR count). The second-order valence-electron chi connectivity index (χ2n) is 17.4. The average molecular weight is 939 g/mol. The fraction of sp³-hybridized carbons (Fsp3) is 0.536. The third kappa shape index (κ3) is 24.6. The van der Waals surface area contributed by atoms with Crippen molar-refractivity contribution in [3.63, 3.8) is 0 Å². The topological polar surface area (TPSA) is 149 Å². The number of carbonyl (C=O) groups is 6. The van der Waals surface area contributed by atoms with Gasteiger partial charge in [-0.3, -0.25) is 19.2 Å². The normalized spacial score (nSPS) is 13.2. The van der Waals surface area contributed by atoms with Crippen LogP contribution in [0.1, 0.15) is 234 Å². The number of hydrogen-bond acceptors (Lipinski definition) is 8. The molecule has 0 unspecified atom stereocenters. The smallest absolute Gasteiger partial charge is 0.550 e. The van der Waals surface area contributed by atoms with Gasteiger partial charge in [0.05, 0.1) is 0 Å². The Morgan fingerprint density at radius 1 is 0.369 bits per heavy atom. The molecule has 8 nitrogen and oxygen atoms in total. The first-order chi connectivity index (χ1) is 31.2. The molecule has 0 fully saturated rings. The summed E-state index contributed by atoms with van der Waals surface area (Å²) in [6, 6.07) is 14.2. The van der Waals surface area contributed by atoms with Crippen molar-refractivity contribution in [2.75, 3.05) is 0 Å². The Kier molecular flexibility index (Phi) is 31.2. The average Bonchev–Trinajstić information content (AvgIpc) is 3.29. The van der Waals surface area contributed by atoms with E-state index in [0.717, 1.165) is 89.9 Å². The van der Waals surface area contributed by atoms with Gasteiger partial charge in [-0.1, -0.05) is 163 Å². The number of hydrogen-bond donors (Lipinski definition) is 0. The Balaban J connectivity index is 0.000000440. The van der Waals surface area contributed by atoms with Gasteiger partial charge in [0, 0.05) is 45.3 Å². The van der Waals surface area contributed by atoms with Crippen molar-refractivity contribution in [2.45, 2.75) is 193 Å². The summed E-state index contributed by atoms with van der Waals surface area (Å²) < 4.78 is 0. The summed E-state index contributed by atoms with van der Waals surface area (Å²) >= 11 is 0. The zero-order chi connectivity index (χ0) is 46.0. The van der Waals surface area contributed by atoms with E-state index in [1.165, 1.54) is 89.2 Å². The molecule has 2 aliphatic carbocycles. The fourth-order valence-corrected chi connectivity index (χ4v) is 8.28. The molecule has 0 aromatic heterocycles. The van der Waals surface area contributed by atoms with E-state index < -0.39 is 11.9 Å². The summed E-state index contributed by atoms with van der Waals surface area (Å²) in [5, 5.41) is 20.6. The van der Waals surface area contributed by atoms with Crippen LogP contribution >= 0.6 is 0 Å². The fourth-order valence-electron chi connectivity index (χ4n) is 8.28. The van der Waals surface area contributed by atoms with Gasteiger partial charge in [0.25, 0.3) is 0 Å². The maximum Gasteiger partial charge on any atom is 2.00 e. The van der Waals surface area contributed by atoms with E-state index in [1.54, 1.807) is 36.4 Å². The first-order valence-electron chi connectivity index (χ1n) is 24.7. The molecule has 9 heteroatoms. The van der Waals surface area contributed by atoms with Crippen LogP contribution in [-0.2, 0) is 26.7 Å². The van der Waals surface area contributed by atoms with E-state index in [1.807, 2.05) is 12.1 Å². The summed E-state index contributed by atoms with van der Waals surface area (Å²) in [4.78, 5) is 70.1. The number of allylic oxidation sites excluding steroid dienone is 8. The second-order valence-corrected chi connectivity index (χ2v) is 17.4. The molecule has 0 atom stereocenters. The molecule has 0 amide bonds. The van der Waals surface area contributed by atoms with Crippen LogP contribution in [0.15, 0.2) is 96.1 Å². The molecule has 0 N–H and O–H groups in total. The maximum atomic E-state index is 12.5. The van der Waals surface area contributed by atoms with Crippen molar-refractivity contribution in [3.8, 4) is 0 Å². The Morgan fingerprint density at radius 3 is 0.938 bits per heavy atom. The summed E-state index contributed by atoms with van der Waals surface area (Å²) in [5.41, 5.74) is 3.49. The summed E-state index contributed by atoms with van der Waals surface area (Å²) in [5.74, 6) is -1.93. The Morgan fingerprint density at radius 2 is 0.631 bits per heavy atom. The summed E-state index contributed by atoms with van der Waals surface area (Å²) in [7, 11) is 0. The molecule has 0 aliphatic heterocycles. The van der Waals surface area contributed by atoms with Crippen LogP contribution in [0, 0.1) is 0 Å². The van der Waals surface area contributed by atoms with Crippen LogP contribution in [0.2, 0.25) is 0 Å². The molecule has 1 radical (unpaired) electrons. The number of fused-ring (bicyclic) bond motifs is 2. The largest absolute Gasteiger partial charge is 2.00 e. The zero-order valence-electron chi connectivity index (χ0n) is 38.9. The third-order valence-corrected chi connectivity index (χ3v) is 12.0. The minimum Gasteiger partial charge on any atom is -0.550 e. The third-order valence-electron chi connectivity index (χ3n) is 12.0. The number of rotatable bonds is 34. The van der Waals surface area contributed by atoms with Crippen LogP contribution in [0.4, 0.5) is 0 Å². The number of carboxylic acids is 2. The minimum absolute atomic E-state index is 0. The van der Waals surface area contributed by atoms with Gasteiger partial charge in [0.2, 0.25) is 0 Å². The molecule has 65 heavy (non-hydrogen) atoms. The first-order valence-corrected chi connectivity index (χ1v) is 24.7. The van der Waals surface area contributed by atoms with Crippen LogP contribution in [0.25, 0.3) is 0 Å². The molecular weight excluding hydrogens is 864 g/mol. The second kappa shape index (κ2) is 35.8. The number of carboxylic acid groups (broad SMARTS) is 2. The van der Waals surface area contributed by atoms with Crippen LogP contribution < -0.4 is 10.2 Å². The molecule has 2 aromatic carbocycles. The minimum atomic E-state index is -0.939. The van der Waals surface area contributed by atoms with E-state index in [-0.39, 0.29) is 53.0 Å². The predicted octanol–water partition coefficient (Wildman–Crippen LogP) is 12.3. The van der Waals surface area contributed by atoms with Gasteiger partial charge >= 0.3 is 17.1 Å². The molecule has 0 heterocycles. The Labute approximate surface area is 400 Å². The molecule has 0 bridgehead atoms. The monoisotopic (exact) mass is 937 g/mol. The number of Topliss-reactive ketones (excluding diaryl/α,β-unsaturated/α-hetero) is 2. The van der Waals surface area contributed by atoms with E-state index in [0.29, 0.717) is 46.2 Å². The van der Waals surface area contributed by atoms with Crippen LogP contribution in [0.5, 0.6) is 0 Å². The quantitative estimate of drug-likeness (QED) is 0.0382. The van der Waals surface area contributed by atoms with E-state index in [9.17, 15) is 39.0 Å². The number of benzene rings is 2. The SMILES string of the molecule is O=C([O-])CCCCCCCC=CCCCCCCCCC1=CC(=O)c2ccccc2C1=O.O=C([O-])CCCCCCCC=CCCCCCCCCC1=CC(=O)c2ccccc2C1=O.[Cu+2]. The van der Waals surface area contributed by atoms with Crippen molar-refractivity contribution < 1.29 is 56.0 Å². The standard InChI is InChI=1S/2C28H38O4.Cu/c2*29-26-22-23(28(32)25-20-17-16-19-24(25)26)18-14-12-10-8-6-4-2-1-3-5-7-9-11-13-15-21-27(30)31;/h2*1,3,16-17,19-20,22H,2,4-15,18,21H2,(H,30,31);/q;;+2/p-2. The van der Waals surface area contributed by atoms with Crippen molar-refractivity contribution in [3.05, 3.63) is 118 Å². The molecular formula is C56H74CuO8. The van der Waals surface area contributed by atoms with Crippen molar-refractivity contribution in [1.29, 1.82) is 0 Å². The molecule has 0 spiro atoms. The number of carbonyl (C=O) groups excluding carboxylic acids is 6. The summed E-state index contributed by atoms with van der Waals surface area (Å²) in [6.45, 7) is 0. The van der Waals surface area contributed by atoms with Gasteiger partial charge in [-0.2, -0.15) is 0 Å². The van der Waals surface area contributed by atoms with E-state index >= 15 is 0 Å². The Hall–Kier alpha value is -4.46.